The summed E-state index contributed by atoms with van der Waals surface area (Å²) >= 11 is 0. The number of halogens is 2. The molecule has 0 heterocycles. The van der Waals surface area contributed by atoms with E-state index >= 15 is 0 Å². The minimum atomic E-state index is -0.845. The normalized spacial score (nSPS) is 12.0. The summed E-state index contributed by atoms with van der Waals surface area (Å²) in [6, 6.07) is 10.3. The van der Waals surface area contributed by atoms with Gasteiger partial charge in [-0.25, -0.2) is 8.78 Å². The van der Waals surface area contributed by atoms with E-state index in [0.717, 1.165) is 29.3 Å². The van der Waals surface area contributed by atoms with Crippen molar-refractivity contribution in [1.82, 2.24) is 5.32 Å². The number of rotatable bonds is 5. The van der Waals surface area contributed by atoms with E-state index in [1.807, 2.05) is 19.1 Å². The smallest absolute Gasteiger partial charge is 0.224 e. The van der Waals surface area contributed by atoms with Gasteiger partial charge < -0.3 is 10.4 Å². The van der Waals surface area contributed by atoms with Gasteiger partial charge in [-0.1, -0.05) is 24.3 Å². The number of carbonyl (C=O) groups is 1. The van der Waals surface area contributed by atoms with Crippen molar-refractivity contribution in [1.29, 1.82) is 0 Å². The van der Waals surface area contributed by atoms with E-state index in [0.29, 0.717) is 0 Å². The number of aliphatic hydroxyl groups excluding tert-OH is 1. The fourth-order valence-corrected chi connectivity index (χ4v) is 2.20. The lowest BCUT2D eigenvalue weighted by atomic mass is 10.0. The average Bonchev–Trinajstić information content (AvgIpc) is 2.49. The molecule has 2 N–H and O–H groups in total. The van der Waals surface area contributed by atoms with Crippen molar-refractivity contribution in [2.45, 2.75) is 19.4 Å². The van der Waals surface area contributed by atoms with Crippen LogP contribution in [-0.4, -0.2) is 17.6 Å². The molecule has 0 aliphatic rings. The molecule has 0 aromatic heterocycles. The molecule has 0 fully saturated rings. The number of aliphatic hydroxyl groups is 1. The first-order valence-electron chi connectivity index (χ1n) is 6.91. The fraction of sp³-hybridized carbons (Fsp3) is 0.235. The molecule has 0 saturated heterocycles. The van der Waals surface area contributed by atoms with E-state index in [-0.39, 0.29) is 18.5 Å². The van der Waals surface area contributed by atoms with E-state index in [1.54, 1.807) is 12.1 Å². The van der Waals surface area contributed by atoms with Crippen molar-refractivity contribution in [3.63, 3.8) is 0 Å². The molecule has 1 unspecified atom stereocenters. The number of hydrogen-bond acceptors (Lipinski definition) is 2. The minimum absolute atomic E-state index is 0.0112. The van der Waals surface area contributed by atoms with Gasteiger partial charge in [-0.05, 0) is 36.2 Å². The van der Waals surface area contributed by atoms with Crippen LogP contribution in [0.15, 0.2) is 42.5 Å². The number of nitrogens with one attached hydrogen (secondary N) is 1. The van der Waals surface area contributed by atoms with Crippen LogP contribution in [0.5, 0.6) is 0 Å². The predicted octanol–water partition coefficient (Wildman–Crippen LogP) is 2.67. The summed E-state index contributed by atoms with van der Waals surface area (Å²) in [5, 5.41) is 12.6. The molecule has 1 amide bonds. The summed E-state index contributed by atoms with van der Waals surface area (Å²) in [5.74, 6) is -1.70. The van der Waals surface area contributed by atoms with Gasteiger partial charge in [-0.2, -0.15) is 0 Å². The zero-order valence-electron chi connectivity index (χ0n) is 12.1. The standard InChI is InChI=1S/C17H17F2NO2/c1-11-4-2-3-5-14(11)16(21)10-20-17(22)9-12-8-13(18)6-7-15(12)19/h2-8,16,21H,9-10H2,1H3,(H,20,22). The Bertz CT molecular complexity index is 673. The van der Waals surface area contributed by atoms with Gasteiger partial charge in [0.05, 0.1) is 12.5 Å². The van der Waals surface area contributed by atoms with E-state index in [1.165, 1.54) is 0 Å². The molecule has 2 aromatic rings. The van der Waals surface area contributed by atoms with Crippen molar-refractivity contribution in [3.8, 4) is 0 Å². The molecule has 0 bridgehead atoms. The number of benzene rings is 2. The number of hydrogen-bond donors (Lipinski definition) is 2. The van der Waals surface area contributed by atoms with Crippen LogP contribution in [0, 0.1) is 18.6 Å². The molecule has 3 nitrogen and oxygen atoms in total. The third-order valence-corrected chi connectivity index (χ3v) is 3.40. The third-order valence-electron chi connectivity index (χ3n) is 3.40. The van der Waals surface area contributed by atoms with Crippen molar-refractivity contribution in [2.24, 2.45) is 0 Å². The van der Waals surface area contributed by atoms with E-state index in [2.05, 4.69) is 5.32 Å². The van der Waals surface area contributed by atoms with Gasteiger partial charge in [-0.15, -0.1) is 0 Å². The maximum absolute atomic E-state index is 13.5. The van der Waals surface area contributed by atoms with Gasteiger partial charge >= 0.3 is 0 Å². The summed E-state index contributed by atoms with van der Waals surface area (Å²) in [7, 11) is 0. The van der Waals surface area contributed by atoms with Crippen LogP contribution in [0.1, 0.15) is 22.8 Å². The second-order valence-corrected chi connectivity index (χ2v) is 5.09. The Labute approximate surface area is 127 Å². The van der Waals surface area contributed by atoms with E-state index in [4.69, 9.17) is 0 Å². The van der Waals surface area contributed by atoms with Crippen LogP contribution in [0.3, 0.4) is 0 Å². The molecule has 2 aromatic carbocycles. The lowest BCUT2D eigenvalue weighted by Gasteiger charge is -2.14. The molecule has 2 rings (SSSR count). The molecule has 0 saturated carbocycles. The summed E-state index contributed by atoms with van der Waals surface area (Å²) < 4.78 is 26.5. The highest BCUT2D eigenvalue weighted by molar-refractivity contribution is 5.78. The molecule has 22 heavy (non-hydrogen) atoms. The topological polar surface area (TPSA) is 49.3 Å². The molecule has 0 aliphatic heterocycles. The van der Waals surface area contributed by atoms with Crippen LogP contribution in [0.4, 0.5) is 8.78 Å². The highest BCUT2D eigenvalue weighted by Crippen LogP contribution is 2.16. The Morgan fingerprint density at radius 3 is 2.68 bits per heavy atom. The second-order valence-electron chi connectivity index (χ2n) is 5.09. The lowest BCUT2D eigenvalue weighted by Crippen LogP contribution is -2.30. The van der Waals surface area contributed by atoms with Gasteiger partial charge in [0.1, 0.15) is 11.6 Å². The van der Waals surface area contributed by atoms with Gasteiger partial charge in [-0.3, -0.25) is 4.79 Å². The zero-order chi connectivity index (χ0) is 16.1. The average molecular weight is 305 g/mol. The largest absolute Gasteiger partial charge is 0.387 e. The zero-order valence-corrected chi connectivity index (χ0v) is 12.1. The Morgan fingerprint density at radius 2 is 1.95 bits per heavy atom. The minimum Gasteiger partial charge on any atom is -0.387 e. The summed E-state index contributed by atoms with van der Waals surface area (Å²) in [4.78, 5) is 11.8. The Kier molecular flexibility index (Phi) is 5.22. The molecule has 0 aliphatic carbocycles. The van der Waals surface area contributed by atoms with Crippen LogP contribution < -0.4 is 5.32 Å². The highest BCUT2D eigenvalue weighted by Gasteiger charge is 2.13. The Balaban J connectivity index is 1.93. The van der Waals surface area contributed by atoms with E-state index < -0.39 is 23.6 Å². The molecule has 0 spiro atoms. The summed E-state index contributed by atoms with van der Waals surface area (Å²) in [6.07, 6.45) is -1.12. The first-order chi connectivity index (χ1) is 10.5. The van der Waals surface area contributed by atoms with Crippen LogP contribution >= 0.6 is 0 Å². The molecule has 5 heteroatoms. The highest BCUT2D eigenvalue weighted by atomic mass is 19.1. The number of carbonyl (C=O) groups excluding carboxylic acids is 1. The Morgan fingerprint density at radius 1 is 1.23 bits per heavy atom. The van der Waals surface area contributed by atoms with Crippen LogP contribution in [0.2, 0.25) is 0 Å². The van der Waals surface area contributed by atoms with Crippen molar-refractivity contribution in [3.05, 3.63) is 70.8 Å². The van der Waals surface area contributed by atoms with Gasteiger partial charge in [0.15, 0.2) is 0 Å². The van der Waals surface area contributed by atoms with Crippen molar-refractivity contribution in [2.75, 3.05) is 6.54 Å². The first kappa shape index (κ1) is 16.1. The number of aryl methyl sites for hydroxylation is 1. The predicted molar refractivity (Wildman–Crippen MR) is 79.2 cm³/mol. The van der Waals surface area contributed by atoms with Crippen molar-refractivity contribution < 1.29 is 18.7 Å². The summed E-state index contributed by atoms with van der Waals surface area (Å²) in [6.45, 7) is 1.88. The fourth-order valence-electron chi connectivity index (χ4n) is 2.20. The third kappa shape index (κ3) is 4.11. The monoisotopic (exact) mass is 305 g/mol. The molecular formula is C17H17F2NO2. The molecule has 0 radical (unpaired) electrons. The molecule has 116 valence electrons. The molecular weight excluding hydrogens is 288 g/mol. The molecule has 1 atom stereocenters. The SMILES string of the molecule is Cc1ccccc1C(O)CNC(=O)Cc1cc(F)ccc1F. The van der Waals surface area contributed by atoms with Gasteiger partial charge in [0.25, 0.3) is 0 Å². The lowest BCUT2D eigenvalue weighted by molar-refractivity contribution is -0.120. The second kappa shape index (κ2) is 7.13. The van der Waals surface area contributed by atoms with Gasteiger partial charge in [0, 0.05) is 12.1 Å². The van der Waals surface area contributed by atoms with Crippen LogP contribution in [0.25, 0.3) is 0 Å². The quantitative estimate of drug-likeness (QED) is 0.892. The number of amides is 1. The maximum Gasteiger partial charge on any atom is 0.224 e. The van der Waals surface area contributed by atoms with Crippen LogP contribution in [-0.2, 0) is 11.2 Å². The summed E-state index contributed by atoms with van der Waals surface area (Å²) in [5.41, 5.74) is 1.63. The maximum atomic E-state index is 13.5. The first-order valence-corrected chi connectivity index (χ1v) is 6.91. The Hall–Kier alpha value is -2.27. The van der Waals surface area contributed by atoms with Crippen molar-refractivity contribution >= 4 is 5.91 Å². The van der Waals surface area contributed by atoms with Gasteiger partial charge in [0.2, 0.25) is 5.91 Å². The van der Waals surface area contributed by atoms with E-state index in [9.17, 15) is 18.7 Å².